The van der Waals surface area contributed by atoms with E-state index in [1.807, 2.05) is 21.1 Å². The number of unbranched alkanes of at least 4 members (excludes halogenated alkanes) is 58. The van der Waals surface area contributed by atoms with E-state index in [2.05, 4.69) is 38.2 Å². The molecule has 0 aromatic rings. The Balaban J connectivity index is 3.90. The molecule has 0 radical (unpaired) electrons. The Morgan fingerprint density at radius 3 is 0.878 bits per heavy atom. The number of esters is 2. The molecule has 0 N–H and O–H groups in total. The Morgan fingerprint density at radius 1 is 0.344 bits per heavy atom. The number of hydrogen-bond donors (Lipinski definition) is 0. The van der Waals surface area contributed by atoms with E-state index in [0.29, 0.717) is 17.4 Å². The van der Waals surface area contributed by atoms with E-state index in [9.17, 15) is 19.0 Å². The fraction of sp³-hybridized carbons (Fsp3) is 0.925. The molecule has 0 heterocycles. The van der Waals surface area contributed by atoms with Crippen LogP contribution in [0.15, 0.2) is 24.3 Å². The average molecular weight is 1290 g/mol. The minimum atomic E-state index is -4.64. The SMILES string of the molecule is CCCCCCC/C=C\C/C=C\CCCCCCCCCCCCCCCCCCCCCC(=O)OC(COC(=O)CCCCCCCCCCCCCCCCCCCCCCCCCCCCCCCCCCCCC)COP(=O)([O-])OCC[N+](C)(C)C. The maximum Gasteiger partial charge on any atom is 0.306 e. The van der Waals surface area contributed by atoms with Gasteiger partial charge in [-0.05, 0) is 44.9 Å². The molecule has 0 aromatic carbocycles. The summed E-state index contributed by atoms with van der Waals surface area (Å²) in [5.74, 6) is -0.805. The number of nitrogens with zero attached hydrogens (tertiary/aromatic N) is 1. The number of carbonyl (C=O) groups excluding carboxylic acids is 2. The Labute approximate surface area is 561 Å². The molecule has 0 aliphatic rings. The first-order chi connectivity index (χ1) is 44.0. The molecule has 0 amide bonds. The van der Waals surface area contributed by atoms with Crippen LogP contribution in [0.3, 0.4) is 0 Å². The second-order valence-electron chi connectivity index (χ2n) is 28.8. The van der Waals surface area contributed by atoms with Crippen molar-refractivity contribution in [2.24, 2.45) is 0 Å². The van der Waals surface area contributed by atoms with Gasteiger partial charge in [0.05, 0.1) is 27.7 Å². The van der Waals surface area contributed by atoms with Crippen LogP contribution < -0.4 is 4.89 Å². The third-order valence-corrected chi connectivity index (χ3v) is 19.4. The van der Waals surface area contributed by atoms with Gasteiger partial charge >= 0.3 is 11.9 Å². The molecule has 0 rings (SSSR count). The van der Waals surface area contributed by atoms with Gasteiger partial charge in [0.1, 0.15) is 19.8 Å². The lowest BCUT2D eigenvalue weighted by molar-refractivity contribution is -0.870. The van der Waals surface area contributed by atoms with E-state index in [4.69, 9.17) is 18.5 Å². The molecule has 0 spiro atoms. The van der Waals surface area contributed by atoms with Crippen molar-refractivity contribution in [2.75, 3.05) is 47.5 Å². The van der Waals surface area contributed by atoms with E-state index < -0.39 is 26.5 Å². The van der Waals surface area contributed by atoms with Crippen molar-refractivity contribution in [2.45, 2.75) is 431 Å². The van der Waals surface area contributed by atoms with Crippen LogP contribution in [0, 0.1) is 0 Å². The van der Waals surface area contributed by atoms with Crippen LogP contribution >= 0.6 is 7.82 Å². The van der Waals surface area contributed by atoms with Crippen LogP contribution in [-0.2, 0) is 32.7 Å². The number of carbonyl (C=O) groups is 2. The second-order valence-corrected chi connectivity index (χ2v) is 30.2. The third kappa shape index (κ3) is 75.5. The quantitative estimate of drug-likeness (QED) is 0.0195. The van der Waals surface area contributed by atoms with Gasteiger partial charge < -0.3 is 27.9 Å². The van der Waals surface area contributed by atoms with Crippen LogP contribution in [0.1, 0.15) is 425 Å². The molecule has 2 unspecified atom stereocenters. The van der Waals surface area contributed by atoms with Gasteiger partial charge in [0, 0.05) is 12.8 Å². The van der Waals surface area contributed by atoms with Crippen molar-refractivity contribution in [1.29, 1.82) is 0 Å². The van der Waals surface area contributed by atoms with Gasteiger partial charge in [0.2, 0.25) is 0 Å². The molecule has 0 aromatic heterocycles. The van der Waals surface area contributed by atoms with Crippen molar-refractivity contribution in [3.05, 3.63) is 24.3 Å². The standard InChI is InChI=1S/C80H156NO8P/c1-6-8-10-12-14-16-18-20-22-24-26-28-30-32-34-36-38-39-40-41-43-44-46-48-50-52-54-56-58-60-62-64-66-68-70-72-79(82)86-76-78(77-88-90(84,85)87-75-74-81(3,4)5)89-80(83)73-71-69-67-65-63-61-59-57-55-53-51-49-47-45-42-37-35-33-31-29-27-25-23-21-19-17-15-13-11-9-7-2/h19,21,25,27,78H,6-18,20,22-24,26,28-77H2,1-5H3/b21-19-,27-25-. The molecule has 0 aliphatic carbocycles. The summed E-state index contributed by atoms with van der Waals surface area (Å²) in [5.41, 5.74) is 0. The zero-order valence-corrected chi connectivity index (χ0v) is 62.0. The summed E-state index contributed by atoms with van der Waals surface area (Å²) in [6, 6.07) is 0. The largest absolute Gasteiger partial charge is 0.756 e. The minimum Gasteiger partial charge on any atom is -0.756 e. The van der Waals surface area contributed by atoms with E-state index >= 15 is 0 Å². The van der Waals surface area contributed by atoms with Crippen molar-refractivity contribution >= 4 is 19.8 Å². The maximum absolute atomic E-state index is 12.9. The molecule has 0 aliphatic heterocycles. The Morgan fingerprint density at radius 2 is 0.600 bits per heavy atom. The highest BCUT2D eigenvalue weighted by Gasteiger charge is 2.22. The highest BCUT2D eigenvalue weighted by atomic mass is 31.2. The van der Waals surface area contributed by atoms with Crippen LogP contribution in [-0.4, -0.2) is 70.0 Å². The van der Waals surface area contributed by atoms with Gasteiger partial charge in [-0.3, -0.25) is 14.2 Å². The molecule has 534 valence electrons. The number of phosphoric acid groups is 1. The summed E-state index contributed by atoms with van der Waals surface area (Å²) < 4.78 is 34.4. The van der Waals surface area contributed by atoms with Gasteiger partial charge in [0.25, 0.3) is 7.82 Å². The van der Waals surface area contributed by atoms with Gasteiger partial charge in [-0.25, -0.2) is 0 Å². The number of quaternary nitrogens is 1. The van der Waals surface area contributed by atoms with Crippen molar-refractivity contribution < 1.29 is 42.1 Å². The molecule has 2 atom stereocenters. The van der Waals surface area contributed by atoms with Crippen LogP contribution in [0.5, 0.6) is 0 Å². The summed E-state index contributed by atoms with van der Waals surface area (Å²) in [6.07, 6.45) is 91.7. The maximum atomic E-state index is 12.9. The summed E-state index contributed by atoms with van der Waals surface area (Å²) in [4.78, 5) is 38.2. The molecule has 0 saturated carbocycles. The smallest absolute Gasteiger partial charge is 0.306 e. The van der Waals surface area contributed by atoms with Gasteiger partial charge in [-0.2, -0.15) is 0 Å². The van der Waals surface area contributed by atoms with Crippen LogP contribution in [0.2, 0.25) is 0 Å². The predicted octanol–water partition coefficient (Wildman–Crippen LogP) is 25.8. The van der Waals surface area contributed by atoms with Crippen molar-refractivity contribution in [1.82, 2.24) is 0 Å². The average Bonchev–Trinajstić information content (AvgIpc) is 3.58. The number of allylic oxidation sites excluding steroid dienone is 4. The monoisotopic (exact) mass is 1290 g/mol. The lowest BCUT2D eigenvalue weighted by Gasteiger charge is -2.28. The molecular weight excluding hydrogens is 1130 g/mol. The number of ether oxygens (including phenoxy) is 2. The summed E-state index contributed by atoms with van der Waals surface area (Å²) in [5, 5.41) is 0. The molecule has 90 heavy (non-hydrogen) atoms. The molecular formula is C80H156NO8P. The first-order valence-corrected chi connectivity index (χ1v) is 41.5. The normalized spacial score (nSPS) is 13.1. The van der Waals surface area contributed by atoms with Crippen LogP contribution in [0.4, 0.5) is 0 Å². The zero-order valence-electron chi connectivity index (χ0n) is 61.1. The fourth-order valence-electron chi connectivity index (χ4n) is 12.3. The first kappa shape index (κ1) is 88.5. The summed E-state index contributed by atoms with van der Waals surface area (Å²) >= 11 is 0. The van der Waals surface area contributed by atoms with Crippen molar-refractivity contribution in [3.63, 3.8) is 0 Å². The number of rotatable bonds is 76. The minimum absolute atomic E-state index is 0.0266. The van der Waals surface area contributed by atoms with Crippen molar-refractivity contribution in [3.8, 4) is 0 Å². The Bertz CT molecular complexity index is 1560. The van der Waals surface area contributed by atoms with Gasteiger partial charge in [-0.1, -0.05) is 391 Å². The highest BCUT2D eigenvalue weighted by Crippen LogP contribution is 2.38. The van der Waals surface area contributed by atoms with E-state index in [0.717, 1.165) is 38.5 Å². The second kappa shape index (κ2) is 71.8. The number of hydrogen-bond acceptors (Lipinski definition) is 8. The van der Waals surface area contributed by atoms with Gasteiger partial charge in [0.15, 0.2) is 6.10 Å². The molecule has 0 fully saturated rings. The highest BCUT2D eigenvalue weighted by molar-refractivity contribution is 7.45. The fourth-order valence-corrected chi connectivity index (χ4v) is 13.1. The van der Waals surface area contributed by atoms with E-state index in [1.165, 1.54) is 353 Å². The number of phosphoric ester groups is 1. The summed E-state index contributed by atoms with van der Waals surface area (Å²) in [6.45, 7) is 4.32. The van der Waals surface area contributed by atoms with Crippen LogP contribution in [0.25, 0.3) is 0 Å². The zero-order chi connectivity index (χ0) is 65.5. The predicted molar refractivity (Wildman–Crippen MR) is 388 cm³/mol. The number of likely N-dealkylation sites (N-methyl/N-ethyl adjacent to an activating group) is 1. The van der Waals surface area contributed by atoms with Gasteiger partial charge in [-0.15, -0.1) is 0 Å². The lowest BCUT2D eigenvalue weighted by Crippen LogP contribution is -2.37. The Hall–Kier alpha value is -1.51. The third-order valence-electron chi connectivity index (χ3n) is 18.5. The lowest BCUT2D eigenvalue weighted by atomic mass is 10.0. The Kier molecular flexibility index (Phi) is 70.6. The molecule has 0 bridgehead atoms. The summed E-state index contributed by atoms with van der Waals surface area (Å²) in [7, 11) is 1.19. The molecule has 0 saturated heterocycles. The van der Waals surface area contributed by atoms with E-state index in [1.54, 1.807) is 0 Å². The first-order valence-electron chi connectivity index (χ1n) is 40.0. The van der Waals surface area contributed by atoms with E-state index in [-0.39, 0.29) is 32.0 Å². The molecule has 10 heteroatoms. The molecule has 9 nitrogen and oxygen atoms in total. The topological polar surface area (TPSA) is 111 Å².